The van der Waals surface area contributed by atoms with Gasteiger partial charge in [0.25, 0.3) is 0 Å². The molecule has 1 aromatic rings. The van der Waals surface area contributed by atoms with Gasteiger partial charge in [-0.3, -0.25) is 0 Å². The van der Waals surface area contributed by atoms with Gasteiger partial charge in [0, 0.05) is 6.04 Å². The number of benzene rings is 1. The summed E-state index contributed by atoms with van der Waals surface area (Å²) < 4.78 is 11.2. The van der Waals surface area contributed by atoms with Gasteiger partial charge in [-0.1, -0.05) is 12.5 Å². The molecule has 1 fully saturated rings. The molecule has 0 bridgehead atoms. The number of piperidine rings is 1. The van der Waals surface area contributed by atoms with Crippen molar-refractivity contribution < 1.29 is 14.6 Å². The van der Waals surface area contributed by atoms with Gasteiger partial charge in [-0.05, 0) is 57.5 Å². The molecule has 0 aromatic heterocycles. The van der Waals surface area contributed by atoms with Crippen molar-refractivity contribution in [2.24, 2.45) is 0 Å². The number of ether oxygens (including phenoxy) is 2. The Bertz CT molecular complexity index is 448. The summed E-state index contributed by atoms with van der Waals surface area (Å²) in [7, 11) is 3.82. The van der Waals surface area contributed by atoms with Crippen LogP contribution in [0.25, 0.3) is 0 Å². The van der Waals surface area contributed by atoms with E-state index in [1.54, 1.807) is 14.0 Å². The van der Waals surface area contributed by atoms with E-state index in [9.17, 15) is 5.11 Å². The van der Waals surface area contributed by atoms with E-state index in [2.05, 4.69) is 11.9 Å². The van der Waals surface area contributed by atoms with Crippen LogP contribution in [0.5, 0.6) is 11.5 Å². The van der Waals surface area contributed by atoms with E-state index in [0.717, 1.165) is 17.7 Å². The van der Waals surface area contributed by atoms with E-state index < -0.39 is 6.10 Å². The maximum atomic E-state index is 9.61. The van der Waals surface area contributed by atoms with Gasteiger partial charge in [-0.15, -0.1) is 0 Å². The lowest BCUT2D eigenvalue weighted by Crippen LogP contribution is -2.37. The standard InChI is InChI=1S/C17H27NO3/c1-13(19)14-7-8-16(17(12-14)20-3)21-11-9-15-6-4-5-10-18(15)2/h7-8,12-13,15,19H,4-6,9-11H2,1-3H3/t13-,15?/m1/s1. The first-order valence-electron chi connectivity index (χ1n) is 7.81. The third-order valence-corrected chi connectivity index (χ3v) is 4.30. The van der Waals surface area contributed by atoms with Crippen LogP contribution >= 0.6 is 0 Å². The molecule has 0 aliphatic carbocycles. The first-order valence-corrected chi connectivity index (χ1v) is 7.81. The van der Waals surface area contributed by atoms with Crippen LogP contribution in [-0.2, 0) is 0 Å². The minimum Gasteiger partial charge on any atom is -0.493 e. The number of aliphatic hydroxyl groups excluding tert-OH is 1. The Hall–Kier alpha value is -1.26. The predicted molar refractivity (Wildman–Crippen MR) is 84.0 cm³/mol. The average molecular weight is 293 g/mol. The van der Waals surface area contributed by atoms with Gasteiger partial charge in [0.1, 0.15) is 0 Å². The molecule has 1 unspecified atom stereocenters. The molecule has 0 radical (unpaired) electrons. The minimum atomic E-state index is -0.496. The summed E-state index contributed by atoms with van der Waals surface area (Å²) >= 11 is 0. The zero-order chi connectivity index (χ0) is 15.2. The topological polar surface area (TPSA) is 41.9 Å². The van der Waals surface area contributed by atoms with Crippen molar-refractivity contribution in [1.29, 1.82) is 0 Å². The lowest BCUT2D eigenvalue weighted by Gasteiger charge is -2.32. The Morgan fingerprint density at radius 2 is 2.14 bits per heavy atom. The van der Waals surface area contributed by atoms with E-state index in [4.69, 9.17) is 9.47 Å². The van der Waals surface area contributed by atoms with Crippen molar-refractivity contribution in [1.82, 2.24) is 4.90 Å². The van der Waals surface area contributed by atoms with Crippen molar-refractivity contribution in [3.63, 3.8) is 0 Å². The zero-order valence-corrected chi connectivity index (χ0v) is 13.3. The second-order valence-electron chi connectivity index (χ2n) is 5.85. The Labute approximate surface area is 127 Å². The van der Waals surface area contributed by atoms with Crippen LogP contribution in [-0.4, -0.2) is 43.4 Å². The molecule has 0 saturated carbocycles. The van der Waals surface area contributed by atoms with E-state index in [1.807, 2.05) is 18.2 Å². The van der Waals surface area contributed by atoms with E-state index in [0.29, 0.717) is 18.4 Å². The van der Waals surface area contributed by atoms with Crippen LogP contribution in [0.1, 0.15) is 44.3 Å². The van der Waals surface area contributed by atoms with Gasteiger partial charge in [-0.25, -0.2) is 0 Å². The molecular weight excluding hydrogens is 266 g/mol. The molecular formula is C17H27NO3. The van der Waals surface area contributed by atoms with Gasteiger partial charge < -0.3 is 19.5 Å². The number of aliphatic hydroxyl groups is 1. The second kappa shape index (κ2) is 7.66. The molecule has 1 aromatic carbocycles. The minimum absolute atomic E-state index is 0.496. The molecule has 4 nitrogen and oxygen atoms in total. The molecule has 1 N–H and O–H groups in total. The van der Waals surface area contributed by atoms with Gasteiger partial charge >= 0.3 is 0 Å². The molecule has 0 amide bonds. The molecule has 1 aliphatic rings. The summed E-state index contributed by atoms with van der Waals surface area (Å²) in [6.07, 6.45) is 4.43. The van der Waals surface area contributed by atoms with Crippen LogP contribution in [0.15, 0.2) is 18.2 Å². The van der Waals surface area contributed by atoms with Gasteiger partial charge in [0.05, 0.1) is 19.8 Å². The lowest BCUT2D eigenvalue weighted by molar-refractivity contribution is 0.151. The fourth-order valence-corrected chi connectivity index (χ4v) is 2.88. The number of hydrogen-bond donors (Lipinski definition) is 1. The normalized spacial score (nSPS) is 21.0. The van der Waals surface area contributed by atoms with Crippen molar-refractivity contribution in [2.75, 3.05) is 27.3 Å². The average Bonchev–Trinajstić information content (AvgIpc) is 2.49. The molecule has 118 valence electrons. The molecule has 2 atom stereocenters. The van der Waals surface area contributed by atoms with Crippen LogP contribution < -0.4 is 9.47 Å². The van der Waals surface area contributed by atoms with Crippen molar-refractivity contribution in [3.8, 4) is 11.5 Å². The summed E-state index contributed by atoms with van der Waals surface area (Å²) in [5, 5.41) is 9.61. The van der Waals surface area contributed by atoms with Crippen LogP contribution in [0, 0.1) is 0 Å². The van der Waals surface area contributed by atoms with E-state index in [-0.39, 0.29) is 0 Å². The van der Waals surface area contributed by atoms with Crippen LogP contribution in [0.2, 0.25) is 0 Å². The van der Waals surface area contributed by atoms with Crippen LogP contribution in [0.3, 0.4) is 0 Å². The smallest absolute Gasteiger partial charge is 0.161 e. The number of likely N-dealkylation sites (tertiary alicyclic amines) is 1. The Kier molecular flexibility index (Phi) is 5.88. The SMILES string of the molecule is COc1cc([C@@H](C)O)ccc1OCCC1CCCCN1C. The van der Waals surface area contributed by atoms with E-state index >= 15 is 0 Å². The van der Waals surface area contributed by atoms with Crippen molar-refractivity contribution in [3.05, 3.63) is 23.8 Å². The zero-order valence-electron chi connectivity index (χ0n) is 13.3. The van der Waals surface area contributed by atoms with Crippen molar-refractivity contribution >= 4 is 0 Å². The molecule has 2 rings (SSSR count). The number of nitrogens with zero attached hydrogens (tertiary/aromatic N) is 1. The molecule has 1 saturated heterocycles. The summed E-state index contributed by atoms with van der Waals surface area (Å²) in [4.78, 5) is 2.43. The molecule has 4 heteroatoms. The highest BCUT2D eigenvalue weighted by atomic mass is 16.5. The summed E-state index contributed by atoms with van der Waals surface area (Å²) in [5.74, 6) is 1.44. The largest absolute Gasteiger partial charge is 0.493 e. The first-order chi connectivity index (χ1) is 10.1. The monoisotopic (exact) mass is 293 g/mol. The highest BCUT2D eigenvalue weighted by molar-refractivity contribution is 5.43. The van der Waals surface area contributed by atoms with Gasteiger partial charge in [-0.2, -0.15) is 0 Å². The maximum absolute atomic E-state index is 9.61. The summed E-state index contributed by atoms with van der Waals surface area (Å²) in [6, 6.07) is 6.23. The highest BCUT2D eigenvalue weighted by Crippen LogP contribution is 2.30. The fourth-order valence-electron chi connectivity index (χ4n) is 2.88. The molecule has 1 aliphatic heterocycles. The quantitative estimate of drug-likeness (QED) is 0.875. The number of methoxy groups -OCH3 is 1. The van der Waals surface area contributed by atoms with Crippen molar-refractivity contribution in [2.45, 2.75) is 44.8 Å². The highest BCUT2D eigenvalue weighted by Gasteiger charge is 2.18. The lowest BCUT2D eigenvalue weighted by atomic mass is 10.0. The maximum Gasteiger partial charge on any atom is 0.161 e. The molecule has 21 heavy (non-hydrogen) atoms. The third-order valence-electron chi connectivity index (χ3n) is 4.30. The fraction of sp³-hybridized carbons (Fsp3) is 0.647. The Balaban J connectivity index is 1.90. The number of hydrogen-bond acceptors (Lipinski definition) is 4. The first kappa shape index (κ1) is 16.1. The summed E-state index contributed by atoms with van der Waals surface area (Å²) in [6.45, 7) is 3.63. The molecule has 0 spiro atoms. The Morgan fingerprint density at radius 1 is 1.33 bits per heavy atom. The summed E-state index contributed by atoms with van der Waals surface area (Å²) in [5.41, 5.74) is 0.839. The Morgan fingerprint density at radius 3 is 2.81 bits per heavy atom. The van der Waals surface area contributed by atoms with E-state index in [1.165, 1.54) is 25.8 Å². The van der Waals surface area contributed by atoms with Crippen LogP contribution in [0.4, 0.5) is 0 Å². The second-order valence-corrected chi connectivity index (χ2v) is 5.85. The third kappa shape index (κ3) is 4.35. The molecule has 1 heterocycles. The predicted octanol–water partition coefficient (Wildman–Crippen LogP) is 3.00. The van der Waals surface area contributed by atoms with Gasteiger partial charge in [0.2, 0.25) is 0 Å². The number of rotatable bonds is 6. The van der Waals surface area contributed by atoms with Gasteiger partial charge in [0.15, 0.2) is 11.5 Å².